The van der Waals surface area contributed by atoms with Gasteiger partial charge in [0.25, 0.3) is 0 Å². The number of hydrogen-bond donors (Lipinski definition) is 2. The Kier molecular flexibility index (Phi) is 8.39. The van der Waals surface area contributed by atoms with Gasteiger partial charge in [0.1, 0.15) is 11.5 Å². The molecular weight excluding hydrogens is 378 g/mol. The van der Waals surface area contributed by atoms with Crippen LogP contribution in [0.2, 0.25) is 0 Å². The van der Waals surface area contributed by atoms with Crippen LogP contribution < -0.4 is 20.1 Å². The molecule has 0 unspecified atom stereocenters. The SMILES string of the molecule is COc1cccc(CC2CCN(CCCNC(=O)Nc3cccc(OC)c3)CC2)c1. The average Bonchev–Trinajstić information content (AvgIpc) is 2.78. The van der Waals surface area contributed by atoms with Crippen molar-refractivity contribution in [3.05, 3.63) is 54.1 Å². The van der Waals surface area contributed by atoms with Crippen molar-refractivity contribution in [2.24, 2.45) is 5.92 Å². The standard InChI is InChI=1S/C24H33N3O3/c1-29-22-8-3-6-20(17-22)16-19-10-14-27(15-11-19)13-5-12-25-24(28)26-21-7-4-9-23(18-21)30-2/h3-4,6-9,17-19H,5,10-16H2,1-2H3,(H2,25,26,28). The van der Waals surface area contributed by atoms with Gasteiger partial charge < -0.3 is 25.0 Å². The van der Waals surface area contributed by atoms with Crippen molar-refractivity contribution >= 4 is 11.7 Å². The molecule has 1 fully saturated rings. The maximum Gasteiger partial charge on any atom is 0.319 e. The van der Waals surface area contributed by atoms with Crippen LogP contribution >= 0.6 is 0 Å². The number of hydrogen-bond acceptors (Lipinski definition) is 4. The molecule has 1 heterocycles. The van der Waals surface area contributed by atoms with E-state index in [0.717, 1.165) is 55.6 Å². The Bertz CT molecular complexity index is 804. The molecule has 6 nitrogen and oxygen atoms in total. The van der Waals surface area contributed by atoms with Crippen LogP contribution in [0.3, 0.4) is 0 Å². The van der Waals surface area contributed by atoms with Crippen molar-refractivity contribution in [2.75, 3.05) is 45.7 Å². The first-order valence-electron chi connectivity index (χ1n) is 10.7. The Balaban J connectivity index is 1.29. The first kappa shape index (κ1) is 22.0. The maximum absolute atomic E-state index is 12.0. The van der Waals surface area contributed by atoms with E-state index in [9.17, 15) is 4.79 Å². The number of nitrogens with one attached hydrogen (secondary N) is 2. The molecule has 2 aromatic rings. The second kappa shape index (κ2) is 11.5. The highest BCUT2D eigenvalue weighted by Crippen LogP contribution is 2.23. The number of carbonyl (C=O) groups excluding carboxylic acids is 1. The molecule has 162 valence electrons. The molecule has 1 aliphatic rings. The Labute approximate surface area is 179 Å². The summed E-state index contributed by atoms with van der Waals surface area (Å²) in [6.45, 7) is 3.94. The summed E-state index contributed by atoms with van der Waals surface area (Å²) >= 11 is 0. The number of amides is 2. The fourth-order valence-corrected chi connectivity index (χ4v) is 3.93. The van der Waals surface area contributed by atoms with Gasteiger partial charge in [-0.05, 0) is 81.1 Å². The number of carbonyl (C=O) groups is 1. The third-order valence-electron chi connectivity index (χ3n) is 5.63. The van der Waals surface area contributed by atoms with Crippen molar-refractivity contribution in [3.63, 3.8) is 0 Å². The van der Waals surface area contributed by atoms with Gasteiger partial charge in [-0.15, -0.1) is 0 Å². The summed E-state index contributed by atoms with van der Waals surface area (Å²) < 4.78 is 10.5. The molecule has 0 atom stereocenters. The smallest absolute Gasteiger partial charge is 0.319 e. The van der Waals surface area contributed by atoms with E-state index < -0.39 is 0 Å². The predicted octanol–water partition coefficient (Wildman–Crippen LogP) is 4.17. The summed E-state index contributed by atoms with van der Waals surface area (Å²) in [7, 11) is 3.33. The lowest BCUT2D eigenvalue weighted by atomic mass is 9.90. The molecule has 1 aliphatic heterocycles. The molecule has 0 aromatic heterocycles. The molecule has 0 bridgehead atoms. The van der Waals surface area contributed by atoms with Gasteiger partial charge in [-0.2, -0.15) is 0 Å². The highest BCUT2D eigenvalue weighted by atomic mass is 16.5. The molecule has 30 heavy (non-hydrogen) atoms. The van der Waals surface area contributed by atoms with Gasteiger partial charge in [-0.3, -0.25) is 0 Å². The van der Waals surface area contributed by atoms with Gasteiger partial charge in [0.05, 0.1) is 14.2 Å². The first-order chi connectivity index (χ1) is 14.7. The van der Waals surface area contributed by atoms with E-state index >= 15 is 0 Å². The van der Waals surface area contributed by atoms with Gasteiger partial charge >= 0.3 is 6.03 Å². The third-order valence-corrected chi connectivity index (χ3v) is 5.63. The second-order valence-corrected chi connectivity index (χ2v) is 7.81. The number of rotatable bonds is 9. The lowest BCUT2D eigenvalue weighted by molar-refractivity contribution is 0.182. The normalized spacial score (nSPS) is 14.9. The number of ether oxygens (including phenoxy) is 2. The number of methoxy groups -OCH3 is 2. The van der Waals surface area contributed by atoms with Gasteiger partial charge in [-0.25, -0.2) is 4.79 Å². The number of anilines is 1. The lowest BCUT2D eigenvalue weighted by Crippen LogP contribution is -2.37. The van der Waals surface area contributed by atoms with E-state index in [2.05, 4.69) is 33.7 Å². The van der Waals surface area contributed by atoms with Crippen LogP contribution in [-0.4, -0.2) is 51.3 Å². The zero-order valence-electron chi connectivity index (χ0n) is 18.0. The highest BCUT2D eigenvalue weighted by Gasteiger charge is 2.19. The van der Waals surface area contributed by atoms with E-state index in [1.165, 1.54) is 18.4 Å². The molecule has 1 saturated heterocycles. The summed E-state index contributed by atoms with van der Waals surface area (Å²) in [5.41, 5.74) is 2.09. The fourth-order valence-electron chi connectivity index (χ4n) is 3.93. The summed E-state index contributed by atoms with van der Waals surface area (Å²) in [6, 6.07) is 15.6. The van der Waals surface area contributed by atoms with Crippen molar-refractivity contribution in [1.82, 2.24) is 10.2 Å². The molecular formula is C24H33N3O3. The minimum Gasteiger partial charge on any atom is -0.497 e. The van der Waals surface area contributed by atoms with Crippen LogP contribution in [0.25, 0.3) is 0 Å². The van der Waals surface area contributed by atoms with Crippen molar-refractivity contribution in [1.29, 1.82) is 0 Å². The van der Waals surface area contributed by atoms with Crippen LogP contribution in [0.15, 0.2) is 48.5 Å². The number of likely N-dealkylation sites (tertiary alicyclic amines) is 1. The fraction of sp³-hybridized carbons (Fsp3) is 0.458. The third kappa shape index (κ3) is 6.95. The summed E-state index contributed by atoms with van der Waals surface area (Å²) in [6.07, 6.45) is 4.52. The highest BCUT2D eigenvalue weighted by molar-refractivity contribution is 5.89. The minimum absolute atomic E-state index is 0.180. The monoisotopic (exact) mass is 411 g/mol. The molecule has 6 heteroatoms. The minimum atomic E-state index is -0.180. The zero-order valence-corrected chi connectivity index (χ0v) is 18.0. The summed E-state index contributed by atoms with van der Waals surface area (Å²) in [5, 5.41) is 5.77. The van der Waals surface area contributed by atoms with Crippen LogP contribution in [0.5, 0.6) is 11.5 Å². The molecule has 0 radical (unpaired) electrons. The number of piperidine rings is 1. The first-order valence-corrected chi connectivity index (χ1v) is 10.7. The van der Waals surface area contributed by atoms with E-state index in [-0.39, 0.29) is 6.03 Å². The van der Waals surface area contributed by atoms with E-state index in [4.69, 9.17) is 9.47 Å². The predicted molar refractivity (Wildman–Crippen MR) is 120 cm³/mol. The summed E-state index contributed by atoms with van der Waals surface area (Å²) in [4.78, 5) is 14.5. The molecule has 0 spiro atoms. The Morgan fingerprint density at radius 3 is 2.47 bits per heavy atom. The van der Waals surface area contributed by atoms with E-state index in [1.54, 1.807) is 20.3 Å². The van der Waals surface area contributed by atoms with Crippen LogP contribution in [0.4, 0.5) is 10.5 Å². The zero-order chi connectivity index (χ0) is 21.2. The second-order valence-electron chi connectivity index (χ2n) is 7.81. The topological polar surface area (TPSA) is 62.8 Å². The molecule has 0 saturated carbocycles. The molecule has 3 rings (SSSR count). The lowest BCUT2D eigenvalue weighted by Gasteiger charge is -2.32. The Morgan fingerprint density at radius 1 is 1.03 bits per heavy atom. The Hall–Kier alpha value is -2.73. The van der Waals surface area contributed by atoms with Gasteiger partial charge in [0, 0.05) is 18.3 Å². The average molecular weight is 412 g/mol. The van der Waals surface area contributed by atoms with Crippen molar-refractivity contribution in [3.8, 4) is 11.5 Å². The van der Waals surface area contributed by atoms with E-state index in [0.29, 0.717) is 6.54 Å². The van der Waals surface area contributed by atoms with Crippen molar-refractivity contribution < 1.29 is 14.3 Å². The molecule has 2 N–H and O–H groups in total. The number of benzene rings is 2. The molecule has 2 amide bonds. The number of urea groups is 1. The van der Waals surface area contributed by atoms with Gasteiger partial charge in [0.2, 0.25) is 0 Å². The van der Waals surface area contributed by atoms with E-state index in [1.807, 2.05) is 24.3 Å². The molecule has 2 aromatic carbocycles. The Morgan fingerprint density at radius 2 is 1.73 bits per heavy atom. The van der Waals surface area contributed by atoms with Crippen LogP contribution in [0, 0.1) is 5.92 Å². The summed E-state index contributed by atoms with van der Waals surface area (Å²) in [5.74, 6) is 2.40. The van der Waals surface area contributed by atoms with Gasteiger partial charge in [-0.1, -0.05) is 18.2 Å². The van der Waals surface area contributed by atoms with Crippen molar-refractivity contribution in [2.45, 2.75) is 25.7 Å². The quantitative estimate of drug-likeness (QED) is 0.608. The van der Waals surface area contributed by atoms with Crippen LogP contribution in [0.1, 0.15) is 24.8 Å². The maximum atomic E-state index is 12.0. The van der Waals surface area contributed by atoms with Crippen LogP contribution in [-0.2, 0) is 6.42 Å². The van der Waals surface area contributed by atoms with Gasteiger partial charge in [0.15, 0.2) is 0 Å². The molecule has 0 aliphatic carbocycles. The largest absolute Gasteiger partial charge is 0.497 e. The number of nitrogens with zero attached hydrogens (tertiary/aromatic N) is 1.